The van der Waals surface area contributed by atoms with Crippen molar-refractivity contribution in [2.75, 3.05) is 14.1 Å². The number of aromatic nitrogens is 2. The lowest BCUT2D eigenvalue weighted by molar-refractivity contribution is -0.130. The van der Waals surface area contributed by atoms with E-state index >= 15 is 0 Å². The van der Waals surface area contributed by atoms with Crippen molar-refractivity contribution in [1.29, 1.82) is 0 Å². The van der Waals surface area contributed by atoms with Crippen LogP contribution in [0.25, 0.3) is 4.96 Å². The van der Waals surface area contributed by atoms with E-state index in [4.69, 9.17) is 11.6 Å². The minimum absolute atomic E-state index is 0.117. The first-order valence-electron chi connectivity index (χ1n) is 5.58. The molecule has 2 rings (SSSR count). The van der Waals surface area contributed by atoms with E-state index in [0.717, 1.165) is 0 Å². The zero-order valence-electron chi connectivity index (χ0n) is 11.0. The molecule has 0 aromatic carbocycles. The molecule has 0 fully saturated rings. The van der Waals surface area contributed by atoms with Gasteiger partial charge >= 0.3 is 0 Å². The number of thiazole rings is 1. The van der Waals surface area contributed by atoms with Crippen LogP contribution >= 0.6 is 22.9 Å². The molecule has 0 radical (unpaired) electrons. The number of hydrogen-bond acceptors (Lipinski definition) is 5. The number of carbonyl (C=O) groups excluding carboxylic acids is 1. The highest BCUT2D eigenvalue weighted by molar-refractivity contribution is 7.89. The van der Waals surface area contributed by atoms with Gasteiger partial charge in [-0.2, -0.15) is 4.72 Å². The molecule has 2 aromatic heterocycles. The smallest absolute Gasteiger partial charge is 0.260 e. The number of halogens is 1. The van der Waals surface area contributed by atoms with Gasteiger partial charge in [0.25, 0.3) is 10.0 Å². The Kier molecular flexibility index (Phi) is 4.05. The number of amides is 1. The Morgan fingerprint density at radius 2 is 2.20 bits per heavy atom. The van der Waals surface area contributed by atoms with Crippen LogP contribution in [0.1, 0.15) is 6.92 Å². The summed E-state index contributed by atoms with van der Waals surface area (Å²) in [7, 11) is -0.841. The average molecular weight is 337 g/mol. The SMILES string of the molecule is CC(NS(=O)(=O)c1c(Cl)nc2sccn12)C(=O)N(C)C. The molecule has 0 saturated carbocycles. The minimum atomic E-state index is -3.94. The summed E-state index contributed by atoms with van der Waals surface area (Å²) in [5.41, 5.74) is 0. The molecule has 2 heterocycles. The summed E-state index contributed by atoms with van der Waals surface area (Å²) in [5.74, 6) is -0.351. The first-order chi connectivity index (χ1) is 9.24. The Morgan fingerprint density at radius 1 is 1.55 bits per heavy atom. The highest BCUT2D eigenvalue weighted by atomic mass is 35.5. The molecule has 1 unspecified atom stereocenters. The predicted molar refractivity (Wildman–Crippen MR) is 76.6 cm³/mol. The van der Waals surface area contributed by atoms with Crippen LogP contribution in [0.3, 0.4) is 0 Å². The number of fused-ring (bicyclic) bond motifs is 1. The summed E-state index contributed by atoms with van der Waals surface area (Å²) in [6, 6.07) is -0.893. The number of hydrogen-bond donors (Lipinski definition) is 1. The van der Waals surface area contributed by atoms with Crippen molar-refractivity contribution < 1.29 is 13.2 Å². The zero-order chi connectivity index (χ0) is 15.1. The lowest BCUT2D eigenvalue weighted by Crippen LogP contribution is -2.44. The van der Waals surface area contributed by atoms with E-state index < -0.39 is 16.1 Å². The van der Waals surface area contributed by atoms with Crippen LogP contribution in [0.15, 0.2) is 16.6 Å². The summed E-state index contributed by atoms with van der Waals surface area (Å²) in [6.45, 7) is 1.47. The first-order valence-corrected chi connectivity index (χ1v) is 8.32. The summed E-state index contributed by atoms with van der Waals surface area (Å²) in [6.07, 6.45) is 1.56. The Hall–Kier alpha value is -1.16. The topological polar surface area (TPSA) is 83.8 Å². The molecule has 7 nitrogen and oxygen atoms in total. The molecule has 0 bridgehead atoms. The zero-order valence-corrected chi connectivity index (χ0v) is 13.4. The van der Waals surface area contributed by atoms with Crippen LogP contribution in [0.2, 0.25) is 5.15 Å². The van der Waals surface area contributed by atoms with Gasteiger partial charge in [0.05, 0.1) is 6.04 Å². The number of rotatable bonds is 4. The number of likely N-dealkylation sites (N-methyl/N-ethyl adjacent to an activating group) is 1. The predicted octanol–water partition coefficient (Wildman–Crippen LogP) is 0.804. The lowest BCUT2D eigenvalue weighted by atomic mass is 10.3. The van der Waals surface area contributed by atoms with Crippen LogP contribution in [0, 0.1) is 0 Å². The van der Waals surface area contributed by atoms with Gasteiger partial charge in [-0.15, -0.1) is 11.3 Å². The number of imidazole rings is 1. The quantitative estimate of drug-likeness (QED) is 0.895. The van der Waals surface area contributed by atoms with E-state index in [0.29, 0.717) is 4.96 Å². The van der Waals surface area contributed by atoms with Gasteiger partial charge in [0, 0.05) is 25.7 Å². The second-order valence-corrected chi connectivity index (χ2v) is 7.20. The second kappa shape index (κ2) is 5.32. The van der Waals surface area contributed by atoms with Crippen molar-refractivity contribution in [2.24, 2.45) is 0 Å². The van der Waals surface area contributed by atoms with Crippen LogP contribution in [0.5, 0.6) is 0 Å². The van der Waals surface area contributed by atoms with E-state index in [-0.39, 0.29) is 16.1 Å². The second-order valence-electron chi connectivity index (χ2n) is 4.34. The van der Waals surface area contributed by atoms with Gasteiger partial charge < -0.3 is 4.90 Å². The highest BCUT2D eigenvalue weighted by Gasteiger charge is 2.29. The Labute approximate surface area is 125 Å². The van der Waals surface area contributed by atoms with Crippen LogP contribution < -0.4 is 4.72 Å². The molecule has 0 saturated heterocycles. The molecule has 10 heteroatoms. The van der Waals surface area contributed by atoms with E-state index in [2.05, 4.69) is 9.71 Å². The number of sulfonamides is 1. The molecule has 1 amide bonds. The molecule has 1 N–H and O–H groups in total. The van der Waals surface area contributed by atoms with Gasteiger partial charge in [-0.05, 0) is 6.92 Å². The van der Waals surface area contributed by atoms with E-state index in [9.17, 15) is 13.2 Å². The lowest BCUT2D eigenvalue weighted by Gasteiger charge is -2.17. The maximum Gasteiger partial charge on any atom is 0.260 e. The largest absolute Gasteiger partial charge is 0.347 e. The van der Waals surface area contributed by atoms with Crippen LogP contribution in [0.4, 0.5) is 0 Å². The maximum atomic E-state index is 12.3. The molecule has 0 aliphatic rings. The third-order valence-electron chi connectivity index (χ3n) is 2.58. The van der Waals surface area contributed by atoms with Crippen LogP contribution in [-0.4, -0.2) is 48.7 Å². The minimum Gasteiger partial charge on any atom is -0.347 e. The fraction of sp³-hybridized carbons (Fsp3) is 0.400. The van der Waals surface area contributed by atoms with E-state index in [1.807, 2.05) is 0 Å². The Bertz CT molecular complexity index is 750. The van der Waals surface area contributed by atoms with Crippen molar-refractivity contribution in [3.05, 3.63) is 16.7 Å². The molecule has 0 aliphatic carbocycles. The number of carbonyl (C=O) groups is 1. The van der Waals surface area contributed by atoms with Gasteiger partial charge in [0.15, 0.2) is 15.1 Å². The molecule has 20 heavy (non-hydrogen) atoms. The molecule has 110 valence electrons. The van der Waals surface area contributed by atoms with Gasteiger partial charge in [-0.3, -0.25) is 9.20 Å². The van der Waals surface area contributed by atoms with Crippen molar-refractivity contribution in [1.82, 2.24) is 19.0 Å². The molecular weight excluding hydrogens is 324 g/mol. The number of nitrogens with one attached hydrogen (secondary N) is 1. The van der Waals surface area contributed by atoms with E-state index in [1.165, 1.54) is 27.6 Å². The number of nitrogens with zero attached hydrogens (tertiary/aromatic N) is 3. The van der Waals surface area contributed by atoms with Crippen LogP contribution in [-0.2, 0) is 14.8 Å². The highest BCUT2D eigenvalue weighted by Crippen LogP contribution is 2.25. The average Bonchev–Trinajstić information content (AvgIpc) is 2.85. The van der Waals surface area contributed by atoms with Gasteiger partial charge in [0.1, 0.15) is 0 Å². The Balaban J connectivity index is 2.38. The molecule has 0 aliphatic heterocycles. The standard InChI is InChI=1S/C10H13ClN4O3S2/c1-6(8(16)14(2)3)13-20(17,18)9-7(11)12-10-15(9)4-5-19-10/h4-6,13H,1-3H3. The van der Waals surface area contributed by atoms with Gasteiger partial charge in [-0.1, -0.05) is 11.6 Å². The summed E-state index contributed by atoms with van der Waals surface area (Å²) in [5, 5.41) is 1.43. The summed E-state index contributed by atoms with van der Waals surface area (Å²) >= 11 is 7.15. The fourth-order valence-electron chi connectivity index (χ4n) is 1.71. The normalized spacial score (nSPS) is 13.6. The Morgan fingerprint density at radius 3 is 2.80 bits per heavy atom. The molecular formula is C10H13ClN4O3S2. The van der Waals surface area contributed by atoms with Crippen molar-refractivity contribution in [2.45, 2.75) is 18.0 Å². The van der Waals surface area contributed by atoms with Gasteiger partial charge in [-0.25, -0.2) is 13.4 Å². The third-order valence-corrected chi connectivity index (χ3v) is 5.27. The molecule has 1 atom stereocenters. The van der Waals surface area contributed by atoms with Crippen molar-refractivity contribution >= 4 is 43.8 Å². The fourth-order valence-corrected chi connectivity index (χ4v) is 4.35. The van der Waals surface area contributed by atoms with Crippen molar-refractivity contribution in [3.8, 4) is 0 Å². The van der Waals surface area contributed by atoms with Crippen molar-refractivity contribution in [3.63, 3.8) is 0 Å². The third kappa shape index (κ3) is 2.66. The van der Waals surface area contributed by atoms with Gasteiger partial charge in [0.2, 0.25) is 5.91 Å². The monoisotopic (exact) mass is 336 g/mol. The molecule has 0 spiro atoms. The summed E-state index contributed by atoms with van der Waals surface area (Å²) < 4.78 is 28.4. The van der Waals surface area contributed by atoms with E-state index in [1.54, 1.807) is 25.7 Å². The maximum absolute atomic E-state index is 12.3. The first kappa shape index (κ1) is 15.2. The summed E-state index contributed by atoms with van der Waals surface area (Å²) in [4.78, 5) is 17.5. The molecule has 2 aromatic rings.